The molecule has 1 unspecified atom stereocenters. The predicted octanol–water partition coefficient (Wildman–Crippen LogP) is 2.33. The van der Waals surface area contributed by atoms with E-state index in [2.05, 4.69) is 12.2 Å². The van der Waals surface area contributed by atoms with E-state index in [1.165, 1.54) is 4.90 Å². The summed E-state index contributed by atoms with van der Waals surface area (Å²) in [5, 5.41) is 3.22. The van der Waals surface area contributed by atoms with Crippen LogP contribution in [-0.4, -0.2) is 36.3 Å². The fraction of sp³-hybridized carbons (Fsp3) is 0.857. The number of likely N-dealkylation sites (tertiary alicyclic amines) is 1. The lowest BCUT2D eigenvalue weighted by atomic mass is 10.1. The van der Waals surface area contributed by atoms with E-state index in [9.17, 15) is 9.59 Å². The van der Waals surface area contributed by atoms with Crippen LogP contribution in [0.5, 0.6) is 0 Å². The smallest absolute Gasteiger partial charge is 0.229 e. The predicted molar refractivity (Wildman–Crippen MR) is 74.3 cm³/mol. The lowest BCUT2D eigenvalue weighted by Crippen LogP contribution is -2.42. The van der Waals surface area contributed by atoms with Crippen LogP contribution in [0.3, 0.4) is 0 Å². The van der Waals surface area contributed by atoms with Gasteiger partial charge in [-0.2, -0.15) is 0 Å². The molecule has 0 saturated carbocycles. The minimum absolute atomic E-state index is 0.00241. The maximum atomic E-state index is 11.5. The molecule has 1 saturated heterocycles. The Kier molecular flexibility index (Phi) is 9.56. The van der Waals surface area contributed by atoms with Crippen molar-refractivity contribution in [2.24, 2.45) is 0 Å². The zero-order valence-electron chi connectivity index (χ0n) is 12.3. The van der Waals surface area contributed by atoms with Crippen molar-refractivity contribution in [3.63, 3.8) is 0 Å². The maximum Gasteiger partial charge on any atom is 0.229 e. The number of imide groups is 1. The Bertz CT molecular complexity index is 238. The highest BCUT2D eigenvalue weighted by molar-refractivity contribution is 5.97. The average Bonchev–Trinajstić information content (AvgIpc) is 2.39. The van der Waals surface area contributed by atoms with Crippen molar-refractivity contribution in [1.29, 1.82) is 0 Å². The van der Waals surface area contributed by atoms with Crippen molar-refractivity contribution >= 4 is 11.8 Å². The molecule has 0 aliphatic carbocycles. The largest absolute Gasteiger partial charge is 0.317 e. The highest BCUT2D eigenvalue weighted by Crippen LogP contribution is 2.13. The molecule has 0 radical (unpaired) electrons. The van der Waals surface area contributed by atoms with Crippen LogP contribution in [0.1, 0.15) is 59.3 Å². The highest BCUT2D eigenvalue weighted by Gasteiger charge is 2.25. The molecule has 1 fully saturated rings. The van der Waals surface area contributed by atoms with Gasteiger partial charge in [-0.05, 0) is 26.3 Å². The van der Waals surface area contributed by atoms with Crippen LogP contribution in [0.15, 0.2) is 0 Å². The molecule has 18 heavy (non-hydrogen) atoms. The van der Waals surface area contributed by atoms with Crippen LogP contribution >= 0.6 is 0 Å². The van der Waals surface area contributed by atoms with Gasteiger partial charge in [-0.3, -0.25) is 14.5 Å². The molecule has 0 bridgehead atoms. The second kappa shape index (κ2) is 10.1. The fourth-order valence-electron chi connectivity index (χ4n) is 2.12. The highest BCUT2D eigenvalue weighted by atomic mass is 16.2. The molecule has 0 spiro atoms. The van der Waals surface area contributed by atoms with Crippen molar-refractivity contribution in [3.05, 3.63) is 0 Å². The van der Waals surface area contributed by atoms with Crippen molar-refractivity contribution in [2.45, 2.75) is 65.3 Å². The first kappa shape index (κ1) is 17.1. The summed E-state index contributed by atoms with van der Waals surface area (Å²) in [5.41, 5.74) is 0. The summed E-state index contributed by atoms with van der Waals surface area (Å²) in [5.74, 6) is 0.00482. The Labute approximate surface area is 111 Å². The molecular weight excluding hydrogens is 228 g/mol. The van der Waals surface area contributed by atoms with Gasteiger partial charge in [0.1, 0.15) is 0 Å². The summed E-state index contributed by atoms with van der Waals surface area (Å²) in [6.45, 7) is 6.71. The SMILES string of the molecule is CC.CCCC(CCN1C(=O)CCCC1=O)NC. The van der Waals surface area contributed by atoms with E-state index in [0.29, 0.717) is 25.4 Å². The van der Waals surface area contributed by atoms with E-state index in [0.717, 1.165) is 25.7 Å². The van der Waals surface area contributed by atoms with Crippen molar-refractivity contribution in [1.82, 2.24) is 10.2 Å². The van der Waals surface area contributed by atoms with Gasteiger partial charge in [-0.25, -0.2) is 0 Å². The molecule has 106 valence electrons. The van der Waals surface area contributed by atoms with Crippen molar-refractivity contribution in [2.75, 3.05) is 13.6 Å². The van der Waals surface area contributed by atoms with E-state index >= 15 is 0 Å². The summed E-state index contributed by atoms with van der Waals surface area (Å²) in [6, 6.07) is 0.410. The average molecular weight is 256 g/mol. The van der Waals surface area contributed by atoms with E-state index in [1.807, 2.05) is 20.9 Å². The van der Waals surface area contributed by atoms with E-state index < -0.39 is 0 Å². The molecule has 0 aromatic carbocycles. The number of nitrogens with zero attached hydrogens (tertiary/aromatic N) is 1. The number of hydrogen-bond acceptors (Lipinski definition) is 3. The fourth-order valence-corrected chi connectivity index (χ4v) is 2.12. The van der Waals surface area contributed by atoms with Gasteiger partial charge in [-0.1, -0.05) is 27.2 Å². The summed E-state index contributed by atoms with van der Waals surface area (Å²) in [4.78, 5) is 24.5. The zero-order chi connectivity index (χ0) is 14.0. The molecule has 4 heteroatoms. The monoisotopic (exact) mass is 256 g/mol. The number of nitrogens with one attached hydrogen (secondary N) is 1. The van der Waals surface area contributed by atoms with Gasteiger partial charge in [0, 0.05) is 25.4 Å². The Hall–Kier alpha value is -0.900. The first-order valence-corrected chi connectivity index (χ1v) is 7.19. The van der Waals surface area contributed by atoms with Crippen molar-refractivity contribution in [3.8, 4) is 0 Å². The molecule has 2 amide bonds. The molecule has 0 aromatic heterocycles. The Balaban J connectivity index is 0.00000137. The summed E-state index contributed by atoms with van der Waals surface area (Å²) in [6.07, 6.45) is 4.86. The quantitative estimate of drug-likeness (QED) is 0.742. The standard InChI is InChI=1S/C12H22N2O2.C2H6/c1-3-5-10(13-2)8-9-14-11(15)6-4-7-12(14)16;1-2/h10,13H,3-9H2,1-2H3;1-2H3. The molecule has 1 rings (SSSR count). The Morgan fingerprint density at radius 1 is 1.17 bits per heavy atom. The number of rotatable bonds is 6. The lowest BCUT2D eigenvalue weighted by molar-refractivity contribution is -0.148. The molecule has 1 heterocycles. The number of carbonyl (C=O) groups excluding carboxylic acids is 2. The molecular formula is C14H28N2O2. The molecule has 1 aliphatic rings. The van der Waals surface area contributed by atoms with Gasteiger partial charge in [0.05, 0.1) is 0 Å². The Morgan fingerprint density at radius 2 is 1.72 bits per heavy atom. The van der Waals surface area contributed by atoms with Crippen LogP contribution in [0.2, 0.25) is 0 Å². The third-order valence-corrected chi connectivity index (χ3v) is 3.13. The maximum absolute atomic E-state index is 11.5. The van der Waals surface area contributed by atoms with Gasteiger partial charge >= 0.3 is 0 Å². The lowest BCUT2D eigenvalue weighted by Gasteiger charge is -2.26. The number of carbonyl (C=O) groups is 2. The number of piperidine rings is 1. The third kappa shape index (κ3) is 5.63. The van der Waals surface area contributed by atoms with Crippen LogP contribution in [0, 0.1) is 0 Å². The van der Waals surface area contributed by atoms with Gasteiger partial charge in [0.15, 0.2) is 0 Å². The van der Waals surface area contributed by atoms with Gasteiger partial charge < -0.3 is 5.32 Å². The van der Waals surface area contributed by atoms with Crippen LogP contribution < -0.4 is 5.32 Å². The Morgan fingerprint density at radius 3 is 2.17 bits per heavy atom. The third-order valence-electron chi connectivity index (χ3n) is 3.13. The first-order valence-electron chi connectivity index (χ1n) is 7.19. The van der Waals surface area contributed by atoms with Crippen molar-refractivity contribution < 1.29 is 9.59 Å². The second-order valence-corrected chi connectivity index (χ2v) is 4.36. The first-order chi connectivity index (χ1) is 8.69. The number of hydrogen-bond donors (Lipinski definition) is 1. The molecule has 0 aromatic rings. The second-order valence-electron chi connectivity index (χ2n) is 4.36. The molecule has 1 atom stereocenters. The zero-order valence-corrected chi connectivity index (χ0v) is 12.3. The van der Waals surface area contributed by atoms with E-state index in [-0.39, 0.29) is 11.8 Å². The topological polar surface area (TPSA) is 49.4 Å². The van der Waals surface area contributed by atoms with Gasteiger partial charge in [-0.15, -0.1) is 0 Å². The summed E-state index contributed by atoms with van der Waals surface area (Å²) >= 11 is 0. The molecule has 4 nitrogen and oxygen atoms in total. The summed E-state index contributed by atoms with van der Waals surface area (Å²) < 4.78 is 0. The van der Waals surface area contributed by atoms with Crippen LogP contribution in [-0.2, 0) is 9.59 Å². The van der Waals surface area contributed by atoms with Crippen LogP contribution in [0.25, 0.3) is 0 Å². The van der Waals surface area contributed by atoms with E-state index in [1.54, 1.807) is 0 Å². The van der Waals surface area contributed by atoms with Gasteiger partial charge in [0.2, 0.25) is 11.8 Å². The summed E-state index contributed by atoms with van der Waals surface area (Å²) in [7, 11) is 1.93. The normalized spacial score (nSPS) is 17.2. The molecule has 1 aliphatic heterocycles. The van der Waals surface area contributed by atoms with Crippen LogP contribution in [0.4, 0.5) is 0 Å². The minimum atomic E-state index is 0.00241. The van der Waals surface area contributed by atoms with Gasteiger partial charge in [0.25, 0.3) is 0 Å². The molecule has 1 N–H and O–H groups in total. The number of amides is 2. The minimum Gasteiger partial charge on any atom is -0.317 e. The van der Waals surface area contributed by atoms with E-state index in [4.69, 9.17) is 0 Å².